The van der Waals surface area contributed by atoms with Crippen LogP contribution in [0.4, 0.5) is 0 Å². The molecule has 28 atom stereocenters. The molecule has 9 aliphatic rings. The minimum Gasteiger partial charge on any atom is -0.394 e. The lowest BCUT2D eigenvalue weighted by molar-refractivity contribution is -0.380. The molecule has 4 saturated carbocycles. The van der Waals surface area contributed by atoms with Crippen LogP contribution >= 0.6 is 0 Å². The zero-order chi connectivity index (χ0) is 45.1. The zero-order valence-electron chi connectivity index (χ0n) is 36.6. The van der Waals surface area contributed by atoms with Crippen LogP contribution in [-0.4, -0.2) is 199 Å². The zero-order valence-corrected chi connectivity index (χ0v) is 36.6. The molecular formula is C44H72O19. The number of aliphatic hydroxyl groups excluding tert-OH is 11. The van der Waals surface area contributed by atoms with Gasteiger partial charge in [0.2, 0.25) is 0 Å². The third-order valence-corrected chi connectivity index (χ3v) is 17.9. The monoisotopic (exact) mass is 904 g/mol. The molecule has 5 saturated heterocycles. The van der Waals surface area contributed by atoms with E-state index in [9.17, 15) is 56.2 Å². The van der Waals surface area contributed by atoms with Gasteiger partial charge in [0, 0.05) is 12.3 Å². The predicted octanol–water partition coefficient (Wildman–Crippen LogP) is -2.15. The van der Waals surface area contributed by atoms with Crippen molar-refractivity contribution in [1.29, 1.82) is 0 Å². The number of aliphatic hydroxyl groups is 11. The van der Waals surface area contributed by atoms with Crippen LogP contribution in [0.5, 0.6) is 0 Å². The highest BCUT2D eigenvalue weighted by Crippen LogP contribution is 2.71. The Kier molecular flexibility index (Phi) is 13.2. The number of hydrogen-bond acceptors (Lipinski definition) is 19. The van der Waals surface area contributed by atoms with E-state index >= 15 is 0 Å². The molecule has 0 radical (unpaired) electrons. The van der Waals surface area contributed by atoms with Crippen LogP contribution in [0.15, 0.2) is 0 Å². The van der Waals surface area contributed by atoms with E-state index in [0.29, 0.717) is 30.6 Å². The van der Waals surface area contributed by atoms with E-state index in [4.69, 9.17) is 37.9 Å². The molecule has 9 fully saturated rings. The van der Waals surface area contributed by atoms with E-state index in [0.717, 1.165) is 38.7 Å². The standard InChI is InChI=1S/C44H72O19/c1-17-5-8-44(57-15-17)18(2)30-27(63-44)10-21-19-9-23(47)22-11-26(24(48)12-43(22,4)20(19)6-7-42(21,30)3)58-40-35(54)33(52)37(29(14-46)60-40)61-41-36(55)38(32(51)28(13-45)59-41)62-39-34(53)31(50)25(49)16-56-39/h17-41,45-55H,5-16H2,1-4H3/t17-,18-,19+,20-,21-,22+,23+,24+,25+,26+,27-,28+,29+,30-,31-,32+,33+,34+,35+,36+,37-,38-,39-,40+,41-,42-,43+,44+/m0/s1. The minimum absolute atomic E-state index is 0.0465. The Morgan fingerprint density at radius 2 is 1.27 bits per heavy atom. The van der Waals surface area contributed by atoms with E-state index in [1.54, 1.807) is 0 Å². The summed E-state index contributed by atoms with van der Waals surface area (Å²) in [5.74, 6) is 1.32. The van der Waals surface area contributed by atoms with Gasteiger partial charge in [-0.1, -0.05) is 27.7 Å². The van der Waals surface area contributed by atoms with Crippen molar-refractivity contribution in [2.75, 3.05) is 26.4 Å². The fourth-order valence-corrected chi connectivity index (χ4v) is 14.5. The molecule has 9 rings (SSSR count). The molecule has 0 bridgehead atoms. The van der Waals surface area contributed by atoms with Crippen LogP contribution in [-0.2, 0) is 37.9 Å². The summed E-state index contributed by atoms with van der Waals surface area (Å²) < 4.78 is 48.0. The van der Waals surface area contributed by atoms with Gasteiger partial charge in [-0.3, -0.25) is 0 Å². The first-order chi connectivity index (χ1) is 29.8. The lowest BCUT2D eigenvalue weighted by atomic mass is 9.43. The summed E-state index contributed by atoms with van der Waals surface area (Å²) in [6, 6.07) is 0. The SMILES string of the molecule is C[C@H]1CC[C@@]2(OC1)O[C@H]1C[C@H]3[C@@H]4C[C@@H](O)[C@H]5C[C@@H](O[C@@H]6O[C@H](CO)[C@H](O[C@@H]7O[C@H](CO)[C@@H](O)[C@H](O[C@@H]8OC[C@@H](O)[C@H](O)[C@H]8O)[C@H]7O)[C@H](O)[C@H]6O)[C@H](O)C[C@]5(C)[C@H]4CC[C@]3(C)[C@H]1[C@@H]2C. The molecule has 0 unspecified atom stereocenters. The van der Waals surface area contributed by atoms with Gasteiger partial charge in [0.15, 0.2) is 24.7 Å². The van der Waals surface area contributed by atoms with Crippen LogP contribution in [0.1, 0.15) is 79.1 Å². The number of rotatable bonds is 8. The quantitative estimate of drug-likeness (QED) is 0.116. The van der Waals surface area contributed by atoms with E-state index < -0.39 is 135 Å². The first-order valence-electron chi connectivity index (χ1n) is 23.4. The van der Waals surface area contributed by atoms with Crippen LogP contribution in [0.25, 0.3) is 0 Å². The fraction of sp³-hybridized carbons (Fsp3) is 1.00. The van der Waals surface area contributed by atoms with Crippen LogP contribution in [0.2, 0.25) is 0 Å². The summed E-state index contributed by atoms with van der Waals surface area (Å²) in [5, 5.41) is 120. The Morgan fingerprint density at radius 1 is 0.587 bits per heavy atom. The number of fused-ring (bicyclic) bond motifs is 7. The van der Waals surface area contributed by atoms with Gasteiger partial charge in [-0.2, -0.15) is 0 Å². The molecule has 0 aromatic rings. The normalized spacial score (nSPS) is 59.4. The highest BCUT2D eigenvalue weighted by atomic mass is 16.8. The third kappa shape index (κ3) is 7.78. The summed E-state index contributed by atoms with van der Waals surface area (Å²) in [6.07, 6.45) is -19.3. The topological polar surface area (TPSA) is 296 Å². The number of ether oxygens (including phenoxy) is 8. The Balaban J connectivity index is 0.844. The molecule has 4 aliphatic carbocycles. The molecule has 11 N–H and O–H groups in total. The summed E-state index contributed by atoms with van der Waals surface area (Å²) in [6.45, 7) is 7.91. The van der Waals surface area contributed by atoms with Gasteiger partial charge in [0.25, 0.3) is 0 Å². The minimum atomic E-state index is -1.89. The van der Waals surface area contributed by atoms with Gasteiger partial charge in [-0.25, -0.2) is 0 Å². The maximum atomic E-state index is 12.0. The molecule has 0 aromatic carbocycles. The second-order valence-corrected chi connectivity index (χ2v) is 21.4. The maximum Gasteiger partial charge on any atom is 0.187 e. The Morgan fingerprint density at radius 3 is 1.97 bits per heavy atom. The van der Waals surface area contributed by atoms with E-state index in [1.165, 1.54) is 0 Å². The van der Waals surface area contributed by atoms with Crippen molar-refractivity contribution in [2.24, 2.45) is 52.3 Å². The molecule has 5 aliphatic heterocycles. The van der Waals surface area contributed by atoms with Crippen molar-refractivity contribution in [1.82, 2.24) is 0 Å². The second kappa shape index (κ2) is 17.6. The lowest BCUT2D eigenvalue weighted by Gasteiger charge is -2.63. The smallest absolute Gasteiger partial charge is 0.187 e. The van der Waals surface area contributed by atoms with E-state index in [-0.39, 0.29) is 41.6 Å². The van der Waals surface area contributed by atoms with Crippen LogP contribution < -0.4 is 0 Å². The van der Waals surface area contributed by atoms with Crippen molar-refractivity contribution in [3.63, 3.8) is 0 Å². The lowest BCUT2D eigenvalue weighted by Crippen LogP contribution is -2.66. The van der Waals surface area contributed by atoms with Gasteiger partial charge in [0.1, 0.15) is 67.1 Å². The Labute approximate surface area is 367 Å². The van der Waals surface area contributed by atoms with Crippen molar-refractivity contribution in [3.8, 4) is 0 Å². The largest absolute Gasteiger partial charge is 0.394 e. The second-order valence-electron chi connectivity index (χ2n) is 21.4. The van der Waals surface area contributed by atoms with Crippen molar-refractivity contribution >= 4 is 0 Å². The van der Waals surface area contributed by atoms with Crippen LogP contribution in [0.3, 0.4) is 0 Å². The molecule has 0 amide bonds. The van der Waals surface area contributed by atoms with Gasteiger partial charge >= 0.3 is 0 Å². The first-order valence-corrected chi connectivity index (χ1v) is 23.4. The maximum absolute atomic E-state index is 12.0. The Hall–Kier alpha value is -0.760. The summed E-state index contributed by atoms with van der Waals surface area (Å²) in [5.41, 5.74) is -0.357. The average molecular weight is 905 g/mol. The fourth-order valence-electron chi connectivity index (χ4n) is 14.5. The van der Waals surface area contributed by atoms with E-state index in [2.05, 4.69) is 27.7 Å². The third-order valence-electron chi connectivity index (χ3n) is 17.9. The van der Waals surface area contributed by atoms with Crippen molar-refractivity contribution < 1.29 is 94.1 Å². The van der Waals surface area contributed by atoms with Gasteiger partial charge in [-0.15, -0.1) is 0 Å². The highest BCUT2D eigenvalue weighted by molar-refractivity contribution is 5.17. The van der Waals surface area contributed by atoms with Crippen molar-refractivity contribution in [3.05, 3.63) is 0 Å². The van der Waals surface area contributed by atoms with Gasteiger partial charge in [0.05, 0.1) is 50.8 Å². The molecule has 0 aromatic heterocycles. The van der Waals surface area contributed by atoms with Crippen LogP contribution in [0, 0.1) is 52.3 Å². The van der Waals surface area contributed by atoms with Gasteiger partial charge < -0.3 is 94.1 Å². The predicted molar refractivity (Wildman–Crippen MR) is 212 cm³/mol. The molecule has 5 heterocycles. The molecule has 362 valence electrons. The van der Waals surface area contributed by atoms with Gasteiger partial charge in [-0.05, 0) is 91.3 Å². The Bertz CT molecular complexity index is 1590. The summed E-state index contributed by atoms with van der Waals surface area (Å²) >= 11 is 0. The first kappa shape index (κ1) is 47.3. The molecule has 63 heavy (non-hydrogen) atoms. The molecule has 19 nitrogen and oxygen atoms in total. The van der Waals surface area contributed by atoms with Crippen molar-refractivity contribution in [2.45, 2.75) is 195 Å². The average Bonchev–Trinajstić information content (AvgIpc) is 3.70. The molecule has 19 heteroatoms. The molecular weight excluding hydrogens is 832 g/mol. The summed E-state index contributed by atoms with van der Waals surface area (Å²) in [4.78, 5) is 0. The molecule has 1 spiro atoms. The number of hydrogen-bond donors (Lipinski definition) is 11. The highest BCUT2D eigenvalue weighted by Gasteiger charge is 2.70. The van der Waals surface area contributed by atoms with E-state index in [1.807, 2.05) is 0 Å². The summed E-state index contributed by atoms with van der Waals surface area (Å²) in [7, 11) is 0.